The van der Waals surface area contributed by atoms with Crippen LogP contribution < -0.4 is 10.6 Å². The van der Waals surface area contributed by atoms with Crippen molar-refractivity contribution in [2.75, 3.05) is 13.1 Å². The minimum absolute atomic E-state index is 0.510. The zero-order chi connectivity index (χ0) is 18.9. The van der Waals surface area contributed by atoms with Crippen LogP contribution in [-0.2, 0) is 13.0 Å². The van der Waals surface area contributed by atoms with Crippen LogP contribution in [0.2, 0.25) is 5.02 Å². The summed E-state index contributed by atoms with van der Waals surface area (Å²) >= 11 is 6.00. The van der Waals surface area contributed by atoms with Crippen LogP contribution in [0, 0.1) is 0 Å². The smallest absolute Gasteiger partial charge is 0.228 e. The van der Waals surface area contributed by atoms with Crippen LogP contribution in [0.1, 0.15) is 18.5 Å². The molecular formula is C19H21ClN6O. The molecule has 2 N–H and O–H groups in total. The molecule has 0 aliphatic rings. The van der Waals surface area contributed by atoms with Crippen LogP contribution in [0.25, 0.3) is 11.4 Å². The SMILES string of the molecule is CCNC(=NCc1ccccn1)NCCc1nc(-c2cccc(Cl)c2)no1. The topological polar surface area (TPSA) is 88.2 Å². The van der Waals surface area contributed by atoms with Crippen LogP contribution in [0.4, 0.5) is 0 Å². The zero-order valence-electron chi connectivity index (χ0n) is 15.0. The molecule has 8 heteroatoms. The number of nitrogens with zero attached hydrogens (tertiary/aromatic N) is 4. The largest absolute Gasteiger partial charge is 0.357 e. The molecule has 3 aromatic rings. The van der Waals surface area contributed by atoms with E-state index in [9.17, 15) is 0 Å². The van der Waals surface area contributed by atoms with Crippen LogP contribution in [0.5, 0.6) is 0 Å². The summed E-state index contributed by atoms with van der Waals surface area (Å²) in [7, 11) is 0. The van der Waals surface area contributed by atoms with Gasteiger partial charge in [0.15, 0.2) is 5.96 Å². The summed E-state index contributed by atoms with van der Waals surface area (Å²) < 4.78 is 5.32. The van der Waals surface area contributed by atoms with Gasteiger partial charge in [-0.2, -0.15) is 4.98 Å². The standard InChI is InChI=1S/C19H21ClN6O/c1-2-21-19(24-13-16-8-3-4-10-22-16)23-11-9-17-25-18(26-27-17)14-6-5-7-15(20)12-14/h3-8,10,12H,2,9,11,13H2,1H3,(H2,21,23,24). The third-order valence-electron chi connectivity index (χ3n) is 3.65. The van der Waals surface area contributed by atoms with Gasteiger partial charge in [0, 0.05) is 36.3 Å². The molecule has 0 unspecified atom stereocenters. The van der Waals surface area contributed by atoms with Gasteiger partial charge in [-0.1, -0.05) is 35.0 Å². The molecule has 7 nitrogen and oxygen atoms in total. The number of hydrogen-bond donors (Lipinski definition) is 2. The Bertz CT molecular complexity index is 881. The molecule has 0 amide bonds. The normalized spacial score (nSPS) is 11.4. The highest BCUT2D eigenvalue weighted by Gasteiger charge is 2.09. The average molecular weight is 385 g/mol. The van der Waals surface area contributed by atoms with Crippen molar-refractivity contribution >= 4 is 17.6 Å². The van der Waals surface area contributed by atoms with Crippen molar-refractivity contribution in [3.05, 3.63) is 65.3 Å². The summed E-state index contributed by atoms with van der Waals surface area (Å²) in [4.78, 5) is 13.2. The van der Waals surface area contributed by atoms with Crippen molar-refractivity contribution in [1.82, 2.24) is 25.8 Å². The van der Waals surface area contributed by atoms with Gasteiger partial charge in [-0.05, 0) is 31.2 Å². The van der Waals surface area contributed by atoms with Gasteiger partial charge in [-0.25, -0.2) is 4.99 Å². The van der Waals surface area contributed by atoms with Gasteiger partial charge in [0.25, 0.3) is 0 Å². The Labute approximate surface area is 162 Å². The predicted molar refractivity (Wildman–Crippen MR) is 106 cm³/mol. The monoisotopic (exact) mass is 384 g/mol. The second-order valence-electron chi connectivity index (χ2n) is 5.72. The highest BCUT2D eigenvalue weighted by Crippen LogP contribution is 2.19. The van der Waals surface area contributed by atoms with Gasteiger partial charge in [-0.3, -0.25) is 4.98 Å². The molecule has 1 aromatic carbocycles. The lowest BCUT2D eigenvalue weighted by molar-refractivity contribution is 0.378. The molecule has 27 heavy (non-hydrogen) atoms. The van der Waals surface area contributed by atoms with Gasteiger partial charge in [0.1, 0.15) is 0 Å². The van der Waals surface area contributed by atoms with Crippen LogP contribution in [-0.4, -0.2) is 34.2 Å². The molecule has 140 valence electrons. The Balaban J connectivity index is 1.54. The van der Waals surface area contributed by atoms with Crippen LogP contribution >= 0.6 is 11.6 Å². The van der Waals surface area contributed by atoms with E-state index in [0.29, 0.717) is 36.2 Å². The Morgan fingerprint density at radius 2 is 2.11 bits per heavy atom. The summed E-state index contributed by atoms with van der Waals surface area (Å²) in [6, 6.07) is 13.2. The van der Waals surface area contributed by atoms with Gasteiger partial charge >= 0.3 is 0 Å². The van der Waals surface area contributed by atoms with Crippen molar-refractivity contribution in [3.8, 4) is 11.4 Å². The molecule has 0 saturated heterocycles. The van der Waals surface area contributed by atoms with Crippen molar-refractivity contribution in [2.24, 2.45) is 4.99 Å². The summed E-state index contributed by atoms with van der Waals surface area (Å²) in [5, 5.41) is 11.1. The molecule has 2 aromatic heterocycles. The molecule has 0 fully saturated rings. The summed E-state index contributed by atoms with van der Waals surface area (Å²) in [6.07, 6.45) is 2.35. The van der Waals surface area contributed by atoms with Crippen molar-refractivity contribution in [2.45, 2.75) is 19.9 Å². The molecule has 0 atom stereocenters. The van der Waals surface area contributed by atoms with Crippen molar-refractivity contribution in [3.63, 3.8) is 0 Å². The van der Waals surface area contributed by atoms with Crippen LogP contribution in [0.3, 0.4) is 0 Å². The Morgan fingerprint density at radius 3 is 2.89 bits per heavy atom. The van der Waals surface area contributed by atoms with Crippen molar-refractivity contribution < 1.29 is 4.52 Å². The third kappa shape index (κ3) is 5.79. The average Bonchev–Trinajstić information content (AvgIpc) is 3.16. The number of aliphatic imine (C=N–C) groups is 1. The predicted octanol–water partition coefficient (Wildman–Crippen LogP) is 3.08. The maximum absolute atomic E-state index is 6.00. The Kier molecular flexibility index (Phi) is 6.76. The fraction of sp³-hybridized carbons (Fsp3) is 0.263. The maximum Gasteiger partial charge on any atom is 0.228 e. The molecule has 3 rings (SSSR count). The molecule has 0 bridgehead atoms. The minimum atomic E-state index is 0.510. The first-order valence-corrected chi connectivity index (χ1v) is 9.13. The van der Waals surface area contributed by atoms with E-state index in [1.807, 2.05) is 49.4 Å². The Hall–Kier alpha value is -2.93. The number of guanidine groups is 1. The first kappa shape index (κ1) is 18.8. The number of halogens is 1. The van der Waals surface area contributed by atoms with Gasteiger partial charge < -0.3 is 15.2 Å². The second kappa shape index (κ2) is 9.68. The fourth-order valence-electron chi connectivity index (χ4n) is 2.38. The Morgan fingerprint density at radius 1 is 1.19 bits per heavy atom. The summed E-state index contributed by atoms with van der Waals surface area (Å²) in [5.41, 5.74) is 1.74. The number of benzene rings is 1. The molecule has 0 spiro atoms. The first-order chi connectivity index (χ1) is 13.2. The summed E-state index contributed by atoms with van der Waals surface area (Å²) in [6.45, 7) is 3.92. The number of pyridine rings is 1. The molecular weight excluding hydrogens is 364 g/mol. The molecule has 0 saturated carbocycles. The first-order valence-electron chi connectivity index (χ1n) is 8.75. The maximum atomic E-state index is 6.00. The van der Waals surface area contributed by atoms with E-state index in [4.69, 9.17) is 16.1 Å². The van der Waals surface area contributed by atoms with Crippen molar-refractivity contribution in [1.29, 1.82) is 0 Å². The fourth-order valence-corrected chi connectivity index (χ4v) is 2.57. The van der Waals surface area contributed by atoms with Gasteiger partial charge in [-0.15, -0.1) is 0 Å². The molecule has 0 aliphatic heterocycles. The highest BCUT2D eigenvalue weighted by atomic mass is 35.5. The number of nitrogens with one attached hydrogen (secondary N) is 2. The lowest BCUT2D eigenvalue weighted by atomic mass is 10.2. The van der Waals surface area contributed by atoms with E-state index in [-0.39, 0.29) is 0 Å². The van der Waals surface area contributed by atoms with E-state index in [0.717, 1.165) is 23.8 Å². The van der Waals surface area contributed by atoms with Crippen LogP contribution in [0.15, 0.2) is 58.2 Å². The number of aromatic nitrogens is 3. The lowest BCUT2D eigenvalue weighted by Gasteiger charge is -2.10. The number of hydrogen-bond acceptors (Lipinski definition) is 5. The zero-order valence-corrected chi connectivity index (χ0v) is 15.8. The highest BCUT2D eigenvalue weighted by molar-refractivity contribution is 6.30. The lowest BCUT2D eigenvalue weighted by Crippen LogP contribution is -2.38. The van der Waals surface area contributed by atoms with E-state index >= 15 is 0 Å². The quantitative estimate of drug-likeness (QED) is 0.480. The van der Waals surface area contributed by atoms with E-state index in [1.165, 1.54) is 0 Å². The second-order valence-corrected chi connectivity index (χ2v) is 6.15. The van der Waals surface area contributed by atoms with Gasteiger partial charge in [0.05, 0.1) is 12.2 Å². The third-order valence-corrected chi connectivity index (χ3v) is 3.89. The minimum Gasteiger partial charge on any atom is -0.357 e. The molecule has 2 heterocycles. The number of rotatable bonds is 7. The van der Waals surface area contributed by atoms with E-state index in [1.54, 1.807) is 6.20 Å². The van der Waals surface area contributed by atoms with E-state index in [2.05, 4.69) is 30.8 Å². The molecule has 0 aliphatic carbocycles. The molecule has 0 radical (unpaired) electrons. The van der Waals surface area contributed by atoms with E-state index < -0.39 is 0 Å². The van der Waals surface area contributed by atoms with Gasteiger partial charge in [0.2, 0.25) is 11.7 Å². The summed E-state index contributed by atoms with van der Waals surface area (Å²) in [5.74, 6) is 1.80.